The third kappa shape index (κ3) is 2.56. The van der Waals surface area contributed by atoms with Crippen LogP contribution < -0.4 is 0 Å². The van der Waals surface area contributed by atoms with Crippen molar-refractivity contribution in [2.75, 3.05) is 13.2 Å². The Morgan fingerprint density at radius 1 is 1.32 bits per heavy atom. The Labute approximate surface area is 122 Å². The van der Waals surface area contributed by atoms with Gasteiger partial charge in [-0.3, -0.25) is 0 Å². The summed E-state index contributed by atoms with van der Waals surface area (Å²) in [5, 5.41) is 0. The maximum atomic E-state index is 12.7. The van der Waals surface area contributed by atoms with E-state index in [0.717, 1.165) is 37.0 Å². The van der Waals surface area contributed by atoms with Crippen molar-refractivity contribution in [1.29, 1.82) is 0 Å². The summed E-state index contributed by atoms with van der Waals surface area (Å²) in [4.78, 5) is 0. The molecule has 1 aliphatic carbocycles. The summed E-state index contributed by atoms with van der Waals surface area (Å²) in [5.41, 5.74) is 0. The number of hydrogen-bond acceptors (Lipinski definition) is 4. The topological polar surface area (TPSA) is 46.6 Å². The van der Waals surface area contributed by atoms with Gasteiger partial charge in [-0.2, -0.15) is 4.31 Å². The lowest BCUT2D eigenvalue weighted by Crippen LogP contribution is -2.54. The average Bonchev–Trinajstić information content (AvgIpc) is 2.85. The highest BCUT2D eigenvalue weighted by Gasteiger charge is 2.41. The average molecular weight is 322 g/mol. The SMILES string of the molecule is O=S(=O)(c1ccc(Cl)s1)N1CCO[C@@H]2CCCC[C@H]21. The van der Waals surface area contributed by atoms with Gasteiger partial charge in [-0.25, -0.2) is 8.42 Å². The summed E-state index contributed by atoms with van der Waals surface area (Å²) < 4.78 is 33.5. The lowest BCUT2D eigenvalue weighted by molar-refractivity contribution is -0.0585. The molecule has 1 aromatic rings. The highest BCUT2D eigenvalue weighted by atomic mass is 35.5. The Kier molecular flexibility index (Phi) is 3.88. The normalized spacial score (nSPS) is 29.1. The first-order chi connectivity index (χ1) is 9.09. The van der Waals surface area contributed by atoms with Gasteiger partial charge in [0.2, 0.25) is 0 Å². The van der Waals surface area contributed by atoms with Crippen LogP contribution in [0.5, 0.6) is 0 Å². The van der Waals surface area contributed by atoms with Crippen molar-refractivity contribution in [3.63, 3.8) is 0 Å². The van der Waals surface area contributed by atoms with Crippen LogP contribution in [-0.4, -0.2) is 38.0 Å². The maximum Gasteiger partial charge on any atom is 0.253 e. The Bertz CT molecular complexity index is 555. The number of morpholine rings is 1. The van der Waals surface area contributed by atoms with Gasteiger partial charge < -0.3 is 4.74 Å². The zero-order valence-corrected chi connectivity index (χ0v) is 12.8. The van der Waals surface area contributed by atoms with Crippen molar-refractivity contribution in [3.8, 4) is 0 Å². The Morgan fingerprint density at radius 3 is 2.84 bits per heavy atom. The minimum absolute atomic E-state index is 0.00613. The molecule has 3 rings (SSSR count). The van der Waals surface area contributed by atoms with E-state index >= 15 is 0 Å². The smallest absolute Gasteiger partial charge is 0.253 e. The molecule has 1 saturated carbocycles. The van der Waals surface area contributed by atoms with E-state index in [1.165, 1.54) is 0 Å². The molecular formula is C12H16ClNO3S2. The first-order valence-electron chi connectivity index (χ1n) is 6.48. The third-order valence-electron chi connectivity index (χ3n) is 3.79. The summed E-state index contributed by atoms with van der Waals surface area (Å²) in [6, 6.07) is 3.22. The van der Waals surface area contributed by atoms with Crippen LogP contribution in [0.3, 0.4) is 0 Å². The number of sulfonamides is 1. The fourth-order valence-corrected chi connectivity index (χ4v) is 6.19. The molecular weight excluding hydrogens is 306 g/mol. The molecule has 2 aliphatic rings. The number of rotatable bonds is 2. The number of ether oxygens (including phenoxy) is 1. The predicted octanol–water partition coefficient (Wildman–Crippen LogP) is 2.73. The molecule has 2 heterocycles. The van der Waals surface area contributed by atoms with E-state index in [-0.39, 0.29) is 12.1 Å². The van der Waals surface area contributed by atoms with Crippen molar-refractivity contribution in [1.82, 2.24) is 4.31 Å². The molecule has 0 radical (unpaired) electrons. The summed E-state index contributed by atoms with van der Waals surface area (Å²) in [6.07, 6.45) is 4.11. The van der Waals surface area contributed by atoms with Crippen molar-refractivity contribution in [2.45, 2.75) is 42.0 Å². The minimum Gasteiger partial charge on any atom is -0.375 e. The second-order valence-electron chi connectivity index (χ2n) is 4.94. The molecule has 2 fully saturated rings. The maximum absolute atomic E-state index is 12.7. The highest BCUT2D eigenvalue weighted by molar-refractivity contribution is 7.91. The van der Waals surface area contributed by atoms with E-state index in [2.05, 4.69) is 0 Å². The molecule has 2 atom stereocenters. The number of halogens is 1. The van der Waals surface area contributed by atoms with Crippen LogP contribution in [0.15, 0.2) is 16.3 Å². The van der Waals surface area contributed by atoms with E-state index in [4.69, 9.17) is 16.3 Å². The van der Waals surface area contributed by atoms with Gasteiger partial charge in [0.1, 0.15) is 4.21 Å². The van der Waals surface area contributed by atoms with E-state index < -0.39 is 10.0 Å². The van der Waals surface area contributed by atoms with Crippen molar-refractivity contribution in [3.05, 3.63) is 16.5 Å². The molecule has 1 aliphatic heterocycles. The molecule has 7 heteroatoms. The molecule has 0 unspecified atom stereocenters. The van der Waals surface area contributed by atoms with E-state index in [9.17, 15) is 8.42 Å². The van der Waals surface area contributed by atoms with E-state index in [1.54, 1.807) is 16.4 Å². The Morgan fingerprint density at radius 2 is 2.11 bits per heavy atom. The summed E-state index contributed by atoms with van der Waals surface area (Å²) in [5.74, 6) is 0. The van der Waals surface area contributed by atoms with Gasteiger partial charge in [-0.15, -0.1) is 11.3 Å². The van der Waals surface area contributed by atoms with Crippen LogP contribution in [0, 0.1) is 0 Å². The molecule has 106 valence electrons. The molecule has 0 spiro atoms. The molecule has 0 amide bonds. The van der Waals surface area contributed by atoms with Gasteiger partial charge >= 0.3 is 0 Å². The number of nitrogens with zero attached hydrogens (tertiary/aromatic N) is 1. The second-order valence-corrected chi connectivity index (χ2v) is 8.77. The zero-order chi connectivity index (χ0) is 13.5. The van der Waals surface area contributed by atoms with Crippen LogP contribution >= 0.6 is 22.9 Å². The fraction of sp³-hybridized carbons (Fsp3) is 0.667. The Balaban J connectivity index is 1.91. The van der Waals surface area contributed by atoms with Crippen LogP contribution in [0.25, 0.3) is 0 Å². The fourth-order valence-electron chi connectivity index (χ4n) is 2.91. The van der Waals surface area contributed by atoms with Gasteiger partial charge in [-0.1, -0.05) is 24.4 Å². The van der Waals surface area contributed by atoms with Crippen LogP contribution in [0.2, 0.25) is 4.34 Å². The Hall–Kier alpha value is -0.140. The van der Waals surface area contributed by atoms with Crippen LogP contribution in [0.1, 0.15) is 25.7 Å². The summed E-state index contributed by atoms with van der Waals surface area (Å²) >= 11 is 6.98. The quantitative estimate of drug-likeness (QED) is 0.841. The van der Waals surface area contributed by atoms with E-state index in [1.807, 2.05) is 0 Å². The number of hydrogen-bond donors (Lipinski definition) is 0. The largest absolute Gasteiger partial charge is 0.375 e. The lowest BCUT2D eigenvalue weighted by atomic mass is 9.91. The molecule has 1 saturated heterocycles. The van der Waals surface area contributed by atoms with Gasteiger partial charge in [0, 0.05) is 6.54 Å². The molecule has 19 heavy (non-hydrogen) atoms. The molecule has 4 nitrogen and oxygen atoms in total. The highest BCUT2D eigenvalue weighted by Crippen LogP contribution is 2.35. The van der Waals surface area contributed by atoms with Gasteiger partial charge in [-0.05, 0) is 25.0 Å². The molecule has 0 aromatic carbocycles. The van der Waals surface area contributed by atoms with Crippen molar-refractivity contribution in [2.24, 2.45) is 0 Å². The standard InChI is InChI=1S/C12H16ClNO3S2/c13-11-5-6-12(18-11)19(15,16)14-7-8-17-10-4-2-1-3-9(10)14/h5-6,9-10H,1-4,7-8H2/t9-,10-/m1/s1. The van der Waals surface area contributed by atoms with Gasteiger partial charge in [0.15, 0.2) is 0 Å². The van der Waals surface area contributed by atoms with Crippen molar-refractivity contribution < 1.29 is 13.2 Å². The van der Waals surface area contributed by atoms with Crippen LogP contribution in [-0.2, 0) is 14.8 Å². The molecule has 1 aromatic heterocycles. The van der Waals surface area contributed by atoms with E-state index in [0.29, 0.717) is 21.7 Å². The van der Waals surface area contributed by atoms with Gasteiger partial charge in [0.25, 0.3) is 10.0 Å². The van der Waals surface area contributed by atoms with Crippen molar-refractivity contribution >= 4 is 33.0 Å². The number of thiophene rings is 1. The first kappa shape index (κ1) is 13.8. The third-order valence-corrected chi connectivity index (χ3v) is 7.42. The molecule has 0 N–H and O–H groups in total. The predicted molar refractivity (Wildman–Crippen MR) is 75.2 cm³/mol. The lowest BCUT2D eigenvalue weighted by Gasteiger charge is -2.42. The first-order valence-corrected chi connectivity index (χ1v) is 9.11. The minimum atomic E-state index is -3.42. The summed E-state index contributed by atoms with van der Waals surface area (Å²) in [7, 11) is -3.42. The molecule has 0 bridgehead atoms. The summed E-state index contributed by atoms with van der Waals surface area (Å²) in [6.45, 7) is 0.929. The number of fused-ring (bicyclic) bond motifs is 1. The van der Waals surface area contributed by atoms with Crippen LogP contribution in [0.4, 0.5) is 0 Å². The van der Waals surface area contributed by atoms with Gasteiger partial charge in [0.05, 0.1) is 23.1 Å². The zero-order valence-electron chi connectivity index (χ0n) is 10.4. The second kappa shape index (κ2) is 5.33. The monoisotopic (exact) mass is 321 g/mol.